The molecule has 1 atom stereocenters. The maximum absolute atomic E-state index is 13.6. The van der Waals surface area contributed by atoms with E-state index < -0.39 is 35.1 Å². The SMILES string of the molecule is CC(C)(C)c1cc(C(=O)CSc2cc(C(C)(C)C)c(C(CC(=O)O)C(=O)O)c(C(C)(C)C)c2)cc(C(C)(C)C)c1O. The first-order valence-corrected chi connectivity index (χ1v) is 15.0. The van der Waals surface area contributed by atoms with E-state index in [1.807, 2.05) is 95.2 Å². The third-order valence-electron chi connectivity index (χ3n) is 7.21. The van der Waals surface area contributed by atoms with Crippen molar-refractivity contribution in [3.8, 4) is 5.75 Å². The summed E-state index contributed by atoms with van der Waals surface area (Å²) in [6.07, 6.45) is -0.514. The number of hydrogen-bond acceptors (Lipinski definition) is 5. The van der Waals surface area contributed by atoms with Crippen LogP contribution in [-0.2, 0) is 31.2 Å². The minimum absolute atomic E-state index is 0.0704. The summed E-state index contributed by atoms with van der Waals surface area (Å²) in [6.45, 7) is 24.0. The number of phenols is 1. The fourth-order valence-corrected chi connectivity index (χ4v) is 5.85. The molecule has 0 saturated heterocycles. The highest BCUT2D eigenvalue weighted by Gasteiger charge is 2.35. The molecule has 0 aromatic heterocycles. The average molecular weight is 585 g/mol. The number of rotatable bonds is 8. The lowest BCUT2D eigenvalue weighted by molar-refractivity contribution is -0.145. The summed E-state index contributed by atoms with van der Waals surface area (Å²) in [5.74, 6) is -3.22. The second-order valence-corrected chi connectivity index (χ2v) is 16.1. The van der Waals surface area contributed by atoms with Crippen molar-refractivity contribution >= 4 is 29.5 Å². The Morgan fingerprint density at radius 3 is 1.39 bits per heavy atom. The predicted octanol–water partition coefficient (Wildman–Crippen LogP) is 8.20. The van der Waals surface area contributed by atoms with Crippen molar-refractivity contribution in [3.63, 3.8) is 0 Å². The fraction of sp³-hybridized carbons (Fsp3) is 0.559. The van der Waals surface area contributed by atoms with Crippen molar-refractivity contribution in [2.75, 3.05) is 5.75 Å². The quantitative estimate of drug-likeness (QED) is 0.212. The van der Waals surface area contributed by atoms with Gasteiger partial charge in [0.1, 0.15) is 5.75 Å². The Morgan fingerprint density at radius 1 is 0.683 bits per heavy atom. The van der Waals surface area contributed by atoms with Crippen molar-refractivity contribution in [1.82, 2.24) is 0 Å². The van der Waals surface area contributed by atoms with Gasteiger partial charge < -0.3 is 15.3 Å². The fourth-order valence-electron chi connectivity index (χ4n) is 4.99. The van der Waals surface area contributed by atoms with Gasteiger partial charge >= 0.3 is 11.9 Å². The second-order valence-electron chi connectivity index (χ2n) is 15.1. The summed E-state index contributed by atoms with van der Waals surface area (Å²) in [7, 11) is 0. The molecule has 6 nitrogen and oxygen atoms in total. The largest absolute Gasteiger partial charge is 0.507 e. The topological polar surface area (TPSA) is 112 Å². The lowest BCUT2D eigenvalue weighted by Gasteiger charge is -2.33. The molecule has 0 saturated carbocycles. The van der Waals surface area contributed by atoms with E-state index in [1.165, 1.54) is 11.8 Å². The van der Waals surface area contributed by atoms with E-state index in [-0.39, 0.29) is 28.1 Å². The van der Waals surface area contributed by atoms with Gasteiger partial charge in [-0.15, -0.1) is 11.8 Å². The van der Waals surface area contributed by atoms with Crippen molar-refractivity contribution in [2.24, 2.45) is 0 Å². The molecule has 1 unspecified atom stereocenters. The standard InChI is InChI=1S/C34H48O6S/c1-31(2,3)22-15-20(16-23(32(4,5)6)28(22)21(30(39)40)17-27(36)37)41-18-26(35)19-13-24(33(7,8)9)29(38)25(14-19)34(10,11)12/h13-16,21,38H,17-18H2,1-12H3,(H,36,37)(H,39,40). The van der Waals surface area contributed by atoms with Crippen LogP contribution in [0.5, 0.6) is 5.75 Å². The predicted molar refractivity (Wildman–Crippen MR) is 167 cm³/mol. The minimum atomic E-state index is -1.19. The minimum Gasteiger partial charge on any atom is -0.507 e. The van der Waals surface area contributed by atoms with Gasteiger partial charge in [0.15, 0.2) is 5.78 Å². The second kappa shape index (κ2) is 11.8. The van der Waals surface area contributed by atoms with Gasteiger partial charge in [0.2, 0.25) is 0 Å². The van der Waals surface area contributed by atoms with Crippen LogP contribution >= 0.6 is 11.8 Å². The molecule has 3 N–H and O–H groups in total. The van der Waals surface area contributed by atoms with Crippen LogP contribution in [0.2, 0.25) is 0 Å². The van der Waals surface area contributed by atoms with Gasteiger partial charge in [-0.2, -0.15) is 0 Å². The van der Waals surface area contributed by atoms with Crippen molar-refractivity contribution in [1.29, 1.82) is 0 Å². The van der Waals surface area contributed by atoms with E-state index in [2.05, 4.69) is 0 Å². The van der Waals surface area contributed by atoms with Crippen LogP contribution in [0, 0.1) is 0 Å². The van der Waals surface area contributed by atoms with E-state index in [1.54, 1.807) is 12.1 Å². The van der Waals surface area contributed by atoms with Gasteiger partial charge in [-0.3, -0.25) is 14.4 Å². The van der Waals surface area contributed by atoms with Crippen molar-refractivity contribution < 1.29 is 29.7 Å². The summed E-state index contributed by atoms with van der Waals surface area (Å²) in [6, 6.07) is 7.42. The zero-order valence-corrected chi connectivity index (χ0v) is 27.6. The zero-order chi connectivity index (χ0) is 31.9. The van der Waals surface area contributed by atoms with E-state index >= 15 is 0 Å². The Hall–Kier alpha value is -2.80. The Balaban J connectivity index is 2.66. The Kier molecular flexibility index (Phi) is 9.92. The number of phenolic OH excluding ortho intramolecular Hbond substituents is 1. The molecule has 0 aliphatic carbocycles. The van der Waals surface area contributed by atoms with Crippen molar-refractivity contribution in [2.45, 2.75) is 122 Å². The molecule has 0 radical (unpaired) electrons. The van der Waals surface area contributed by atoms with E-state index in [0.29, 0.717) is 11.1 Å². The first kappa shape index (κ1) is 34.4. The van der Waals surface area contributed by atoms with Crippen LogP contribution in [0.15, 0.2) is 29.2 Å². The lowest BCUT2D eigenvalue weighted by Crippen LogP contribution is -2.27. The number of benzene rings is 2. The van der Waals surface area contributed by atoms with E-state index in [4.69, 9.17) is 0 Å². The third-order valence-corrected chi connectivity index (χ3v) is 8.19. The highest BCUT2D eigenvalue weighted by Crippen LogP contribution is 2.43. The molecule has 0 amide bonds. The summed E-state index contributed by atoms with van der Waals surface area (Å²) in [5.41, 5.74) is 2.42. The monoisotopic (exact) mass is 584 g/mol. The number of ketones is 1. The molecule has 2 rings (SSSR count). The average Bonchev–Trinajstić information content (AvgIpc) is 2.77. The molecule has 0 aliphatic rings. The Morgan fingerprint density at radius 2 is 1.07 bits per heavy atom. The summed E-state index contributed by atoms with van der Waals surface area (Å²) >= 11 is 1.38. The Bertz CT molecular complexity index is 1260. The van der Waals surface area contributed by atoms with Gasteiger partial charge in [-0.05, 0) is 62.6 Å². The number of aromatic hydroxyl groups is 1. The molecule has 2 aromatic carbocycles. The smallest absolute Gasteiger partial charge is 0.311 e. The van der Waals surface area contributed by atoms with Crippen LogP contribution < -0.4 is 0 Å². The van der Waals surface area contributed by atoms with Crippen LogP contribution in [0.3, 0.4) is 0 Å². The van der Waals surface area contributed by atoms with Gasteiger partial charge in [0.05, 0.1) is 18.1 Å². The van der Waals surface area contributed by atoms with Crippen LogP contribution in [0.4, 0.5) is 0 Å². The molecule has 2 aromatic rings. The molecule has 0 spiro atoms. The summed E-state index contributed by atoms with van der Waals surface area (Å²) in [5, 5.41) is 30.7. The molecular weight excluding hydrogens is 536 g/mol. The summed E-state index contributed by atoms with van der Waals surface area (Å²) < 4.78 is 0. The van der Waals surface area contributed by atoms with E-state index in [0.717, 1.165) is 27.1 Å². The first-order chi connectivity index (χ1) is 18.4. The molecule has 0 heterocycles. The Labute approximate surface area is 250 Å². The lowest BCUT2D eigenvalue weighted by atomic mass is 9.72. The molecule has 0 bridgehead atoms. The molecule has 7 heteroatoms. The van der Waals surface area contributed by atoms with Crippen molar-refractivity contribution in [3.05, 3.63) is 57.6 Å². The molecule has 0 aliphatic heterocycles. The number of hydrogen-bond donors (Lipinski definition) is 3. The molecule has 0 fully saturated rings. The number of aliphatic carboxylic acids is 2. The van der Waals surface area contributed by atoms with Crippen LogP contribution in [0.25, 0.3) is 0 Å². The molecule has 226 valence electrons. The zero-order valence-electron chi connectivity index (χ0n) is 26.8. The number of carboxylic acid groups (broad SMARTS) is 2. The number of thioether (sulfide) groups is 1. The van der Waals surface area contributed by atoms with Gasteiger partial charge in [-0.25, -0.2) is 0 Å². The maximum Gasteiger partial charge on any atom is 0.311 e. The van der Waals surface area contributed by atoms with Crippen LogP contribution in [-0.4, -0.2) is 38.8 Å². The highest BCUT2D eigenvalue weighted by molar-refractivity contribution is 8.00. The van der Waals surface area contributed by atoms with Gasteiger partial charge in [0, 0.05) is 21.6 Å². The number of Topliss-reactive ketones (excluding diaryl/α,β-unsaturated/α-hetero) is 1. The number of carbonyl (C=O) groups excluding carboxylic acids is 1. The maximum atomic E-state index is 13.6. The molecule has 41 heavy (non-hydrogen) atoms. The number of carboxylic acids is 2. The highest BCUT2D eigenvalue weighted by atomic mass is 32.2. The first-order valence-electron chi connectivity index (χ1n) is 14.0. The third kappa shape index (κ3) is 8.37. The van der Waals surface area contributed by atoms with E-state index in [9.17, 15) is 29.7 Å². The summed E-state index contributed by atoms with van der Waals surface area (Å²) in [4.78, 5) is 38.4. The normalized spacial score (nSPS) is 13.7. The van der Waals surface area contributed by atoms with Gasteiger partial charge in [-0.1, -0.05) is 83.1 Å². The van der Waals surface area contributed by atoms with Gasteiger partial charge in [0.25, 0.3) is 0 Å². The molecular formula is C34H48O6S. The van der Waals surface area contributed by atoms with Crippen LogP contribution in [0.1, 0.15) is 134 Å². The number of carbonyl (C=O) groups is 3.